The van der Waals surface area contributed by atoms with Crippen LogP contribution in [0.5, 0.6) is 5.75 Å². The van der Waals surface area contributed by atoms with E-state index in [1.807, 2.05) is 18.9 Å². The number of allylic oxidation sites excluding steroid dienone is 1. The second-order valence-corrected chi connectivity index (χ2v) is 5.34. The third-order valence-electron chi connectivity index (χ3n) is 2.40. The van der Waals surface area contributed by atoms with Crippen molar-refractivity contribution in [1.82, 2.24) is 0 Å². The minimum absolute atomic E-state index is 0.202. The van der Waals surface area contributed by atoms with E-state index in [9.17, 15) is 8.42 Å². The summed E-state index contributed by atoms with van der Waals surface area (Å²) in [4.78, 5) is 1.69. The van der Waals surface area contributed by atoms with E-state index in [4.69, 9.17) is 9.29 Å². The first kappa shape index (κ1) is 14.5. The molecule has 0 unspecified atom stereocenters. The van der Waals surface area contributed by atoms with Crippen LogP contribution in [-0.2, 0) is 10.1 Å². The van der Waals surface area contributed by atoms with E-state index in [0.29, 0.717) is 11.5 Å². The molecular formula is C12H17NO4S. The zero-order valence-electron chi connectivity index (χ0n) is 10.7. The second kappa shape index (κ2) is 5.41. The van der Waals surface area contributed by atoms with Crippen molar-refractivity contribution < 1.29 is 17.7 Å². The summed E-state index contributed by atoms with van der Waals surface area (Å²) >= 11 is 0. The number of rotatable bonds is 5. The van der Waals surface area contributed by atoms with Gasteiger partial charge < -0.3 is 9.64 Å². The van der Waals surface area contributed by atoms with Gasteiger partial charge in [0.05, 0.1) is 16.3 Å². The zero-order valence-corrected chi connectivity index (χ0v) is 11.5. The van der Waals surface area contributed by atoms with Crippen LogP contribution in [0.3, 0.4) is 0 Å². The van der Waals surface area contributed by atoms with Crippen LogP contribution in [-0.4, -0.2) is 26.6 Å². The van der Waals surface area contributed by atoms with Crippen LogP contribution in [0.4, 0.5) is 5.69 Å². The molecule has 0 aliphatic carbocycles. The van der Waals surface area contributed by atoms with Crippen molar-refractivity contribution in [2.75, 3.05) is 18.5 Å². The molecule has 0 amide bonds. The lowest BCUT2D eigenvalue weighted by atomic mass is 10.2. The van der Waals surface area contributed by atoms with E-state index in [2.05, 4.69) is 6.58 Å². The lowest BCUT2D eigenvalue weighted by Crippen LogP contribution is -2.17. The standard InChI is InChI=1S/C12H17NO4S/c1-5-13(4)11-7-6-10(18(14,15)16)8-12(11)17-9(2)3/h6-8H,2,5H2,1,3-4H3,(H,14,15,16). The fourth-order valence-corrected chi connectivity index (χ4v) is 1.91. The molecule has 0 aliphatic rings. The topological polar surface area (TPSA) is 66.8 Å². The van der Waals surface area contributed by atoms with Crippen molar-refractivity contribution in [3.8, 4) is 5.75 Å². The maximum Gasteiger partial charge on any atom is 0.294 e. The molecule has 1 rings (SSSR count). The van der Waals surface area contributed by atoms with Crippen LogP contribution in [0, 0.1) is 0 Å². The van der Waals surface area contributed by atoms with Gasteiger partial charge in [0.25, 0.3) is 10.1 Å². The molecule has 0 saturated carbocycles. The van der Waals surface area contributed by atoms with Gasteiger partial charge in [-0.05, 0) is 26.0 Å². The predicted molar refractivity (Wildman–Crippen MR) is 70.6 cm³/mol. The molecule has 0 atom stereocenters. The van der Waals surface area contributed by atoms with Crippen LogP contribution >= 0.6 is 0 Å². The highest BCUT2D eigenvalue weighted by Gasteiger charge is 2.15. The summed E-state index contributed by atoms with van der Waals surface area (Å²) in [6.07, 6.45) is 0. The van der Waals surface area contributed by atoms with Gasteiger partial charge in [-0.1, -0.05) is 6.58 Å². The second-order valence-electron chi connectivity index (χ2n) is 3.92. The van der Waals surface area contributed by atoms with E-state index in [1.165, 1.54) is 12.1 Å². The van der Waals surface area contributed by atoms with Gasteiger partial charge in [0.15, 0.2) is 5.75 Å². The zero-order chi connectivity index (χ0) is 13.9. The SMILES string of the molecule is C=C(C)Oc1cc(S(=O)(=O)O)ccc1N(C)CC. The summed E-state index contributed by atoms with van der Waals surface area (Å²) in [5.74, 6) is 0.787. The highest BCUT2D eigenvalue weighted by molar-refractivity contribution is 7.85. The van der Waals surface area contributed by atoms with Crippen LogP contribution in [0.1, 0.15) is 13.8 Å². The first-order valence-corrected chi connectivity index (χ1v) is 6.85. The summed E-state index contributed by atoms with van der Waals surface area (Å²) in [6.45, 7) is 7.97. The molecule has 0 aliphatic heterocycles. The molecule has 0 aromatic heterocycles. The van der Waals surface area contributed by atoms with Gasteiger partial charge in [-0.2, -0.15) is 8.42 Å². The van der Waals surface area contributed by atoms with Crippen molar-refractivity contribution >= 4 is 15.8 Å². The average Bonchev–Trinajstić information content (AvgIpc) is 2.26. The van der Waals surface area contributed by atoms with Crippen LogP contribution in [0.25, 0.3) is 0 Å². The Kier molecular flexibility index (Phi) is 4.37. The molecule has 0 radical (unpaired) electrons. The highest BCUT2D eigenvalue weighted by Crippen LogP contribution is 2.31. The van der Waals surface area contributed by atoms with Gasteiger partial charge in [-0.25, -0.2) is 0 Å². The largest absolute Gasteiger partial charge is 0.460 e. The number of hydrogen-bond acceptors (Lipinski definition) is 4. The van der Waals surface area contributed by atoms with Crippen LogP contribution < -0.4 is 9.64 Å². The molecule has 100 valence electrons. The molecule has 5 nitrogen and oxygen atoms in total. The Labute approximate surface area is 107 Å². The van der Waals surface area contributed by atoms with E-state index in [-0.39, 0.29) is 4.90 Å². The fraction of sp³-hybridized carbons (Fsp3) is 0.333. The van der Waals surface area contributed by atoms with Crippen molar-refractivity contribution in [1.29, 1.82) is 0 Å². The summed E-state index contributed by atoms with van der Waals surface area (Å²) in [5, 5.41) is 0. The number of ether oxygens (including phenoxy) is 1. The average molecular weight is 271 g/mol. The lowest BCUT2D eigenvalue weighted by Gasteiger charge is -2.21. The van der Waals surface area contributed by atoms with Gasteiger partial charge in [0.2, 0.25) is 0 Å². The monoisotopic (exact) mass is 271 g/mol. The minimum atomic E-state index is -4.24. The number of nitrogens with zero attached hydrogens (tertiary/aromatic N) is 1. The van der Waals surface area contributed by atoms with Crippen LogP contribution in [0.2, 0.25) is 0 Å². The minimum Gasteiger partial charge on any atom is -0.460 e. The van der Waals surface area contributed by atoms with Crippen molar-refractivity contribution in [2.45, 2.75) is 18.7 Å². The first-order chi connectivity index (χ1) is 8.25. The number of hydrogen-bond donors (Lipinski definition) is 1. The summed E-state index contributed by atoms with van der Waals surface area (Å²) in [7, 11) is -2.38. The van der Waals surface area contributed by atoms with Gasteiger partial charge in [-0.3, -0.25) is 4.55 Å². The van der Waals surface area contributed by atoms with Gasteiger partial charge >= 0.3 is 0 Å². The maximum atomic E-state index is 11.1. The summed E-state index contributed by atoms with van der Waals surface area (Å²) in [6, 6.07) is 4.21. The lowest BCUT2D eigenvalue weighted by molar-refractivity contribution is 0.428. The van der Waals surface area contributed by atoms with Crippen LogP contribution in [0.15, 0.2) is 35.4 Å². The quantitative estimate of drug-likeness (QED) is 0.657. The number of anilines is 1. The third kappa shape index (κ3) is 3.48. The normalized spacial score (nSPS) is 11.1. The van der Waals surface area contributed by atoms with E-state index < -0.39 is 10.1 Å². The van der Waals surface area contributed by atoms with Gasteiger partial charge in [0.1, 0.15) is 0 Å². The molecule has 18 heavy (non-hydrogen) atoms. The Balaban J connectivity index is 3.33. The molecule has 0 spiro atoms. The molecular weight excluding hydrogens is 254 g/mol. The molecule has 1 N–H and O–H groups in total. The van der Waals surface area contributed by atoms with E-state index in [0.717, 1.165) is 12.2 Å². The Morgan fingerprint density at radius 2 is 2.11 bits per heavy atom. The Bertz CT molecular complexity index is 551. The molecule has 0 fully saturated rings. The van der Waals surface area contributed by atoms with Gasteiger partial charge in [-0.15, -0.1) is 0 Å². The molecule has 0 bridgehead atoms. The molecule has 0 saturated heterocycles. The third-order valence-corrected chi connectivity index (χ3v) is 3.25. The maximum absolute atomic E-state index is 11.1. The van der Waals surface area contributed by atoms with E-state index in [1.54, 1.807) is 13.0 Å². The Hall–Kier alpha value is -1.53. The summed E-state index contributed by atoms with van der Waals surface area (Å²) in [5.41, 5.74) is 0.730. The first-order valence-electron chi connectivity index (χ1n) is 5.41. The predicted octanol–water partition coefficient (Wildman–Crippen LogP) is 2.30. The summed E-state index contributed by atoms with van der Waals surface area (Å²) < 4.78 is 36.6. The fourth-order valence-electron chi connectivity index (χ4n) is 1.41. The molecule has 1 aromatic carbocycles. The Morgan fingerprint density at radius 3 is 2.56 bits per heavy atom. The number of benzene rings is 1. The Morgan fingerprint density at radius 1 is 1.50 bits per heavy atom. The molecule has 0 heterocycles. The molecule has 6 heteroatoms. The van der Waals surface area contributed by atoms with Crippen molar-refractivity contribution in [2.24, 2.45) is 0 Å². The van der Waals surface area contributed by atoms with Crippen molar-refractivity contribution in [3.05, 3.63) is 30.5 Å². The molecule has 1 aromatic rings. The van der Waals surface area contributed by atoms with Crippen molar-refractivity contribution in [3.63, 3.8) is 0 Å². The van der Waals surface area contributed by atoms with Gasteiger partial charge in [0, 0.05) is 19.7 Å². The highest BCUT2D eigenvalue weighted by atomic mass is 32.2. The van der Waals surface area contributed by atoms with E-state index >= 15 is 0 Å². The smallest absolute Gasteiger partial charge is 0.294 e.